The predicted molar refractivity (Wildman–Crippen MR) is 119 cm³/mol. The number of rotatable bonds is 6. The van der Waals surface area contributed by atoms with Gasteiger partial charge in [0.2, 0.25) is 5.91 Å². The van der Waals surface area contributed by atoms with Crippen LogP contribution in [0.4, 0.5) is 23.2 Å². The number of nitrogens with zero attached hydrogens (tertiary/aromatic N) is 2. The Morgan fingerprint density at radius 3 is 2.64 bits per heavy atom. The van der Waals surface area contributed by atoms with E-state index in [1.54, 1.807) is 18.9 Å². The molecule has 0 aromatic heterocycles. The molecule has 1 saturated heterocycles. The lowest BCUT2D eigenvalue weighted by Gasteiger charge is -2.31. The van der Waals surface area contributed by atoms with E-state index in [2.05, 4.69) is 0 Å². The van der Waals surface area contributed by atoms with E-state index in [9.17, 15) is 22.4 Å². The van der Waals surface area contributed by atoms with Gasteiger partial charge in [-0.15, -0.1) is 0 Å². The van der Waals surface area contributed by atoms with Gasteiger partial charge in [0.05, 0.1) is 6.54 Å². The Balaban J connectivity index is 1.59. The lowest BCUT2D eigenvalue weighted by Crippen LogP contribution is -2.38. The fraction of sp³-hybridized carbons (Fsp3) is 0.458. The van der Waals surface area contributed by atoms with Gasteiger partial charge in [0.1, 0.15) is 11.4 Å². The van der Waals surface area contributed by atoms with Gasteiger partial charge in [0.25, 0.3) is 0 Å². The molecule has 1 atom stereocenters. The van der Waals surface area contributed by atoms with E-state index in [0.29, 0.717) is 36.3 Å². The Morgan fingerprint density at radius 1 is 1.12 bits per heavy atom. The van der Waals surface area contributed by atoms with Gasteiger partial charge in [0.15, 0.2) is 0 Å². The molecule has 1 amide bonds. The molecule has 178 valence electrons. The number of hydrogen-bond donors (Lipinski definition) is 0. The zero-order valence-electron chi connectivity index (χ0n) is 18.5. The van der Waals surface area contributed by atoms with Crippen molar-refractivity contribution in [2.75, 3.05) is 38.2 Å². The van der Waals surface area contributed by atoms with Crippen molar-refractivity contribution in [2.24, 2.45) is 0 Å². The Bertz CT molecular complexity index is 1050. The van der Waals surface area contributed by atoms with Gasteiger partial charge in [-0.05, 0) is 67.3 Å². The van der Waals surface area contributed by atoms with Crippen LogP contribution in [-0.4, -0.2) is 50.3 Å². The molecule has 0 N–H and O–H groups in total. The van der Waals surface area contributed by atoms with Gasteiger partial charge in [-0.1, -0.05) is 11.8 Å². The highest BCUT2D eigenvalue weighted by molar-refractivity contribution is 7.99. The van der Waals surface area contributed by atoms with Crippen LogP contribution in [0, 0.1) is 5.82 Å². The summed E-state index contributed by atoms with van der Waals surface area (Å²) in [5.41, 5.74) is 1.51. The third-order valence-electron chi connectivity index (χ3n) is 6.16. The average molecular weight is 483 g/mol. The zero-order chi connectivity index (χ0) is 23.8. The van der Waals surface area contributed by atoms with Crippen LogP contribution in [0.3, 0.4) is 0 Å². The normalized spacial score (nSPS) is 21.5. The molecule has 2 heterocycles. The number of fused-ring (bicyclic) bond motifs is 1. The van der Waals surface area contributed by atoms with Crippen LogP contribution in [0.5, 0.6) is 0 Å². The second-order valence-corrected chi connectivity index (χ2v) is 9.67. The van der Waals surface area contributed by atoms with E-state index in [0.717, 1.165) is 16.1 Å². The molecule has 4 rings (SSSR count). The molecule has 2 aliphatic heterocycles. The number of likely N-dealkylation sites (tertiary alicyclic amines) is 1. The predicted octanol–water partition coefficient (Wildman–Crippen LogP) is 5.39. The second-order valence-electron chi connectivity index (χ2n) is 8.52. The van der Waals surface area contributed by atoms with E-state index in [4.69, 9.17) is 4.74 Å². The topological polar surface area (TPSA) is 32.8 Å². The maximum absolute atomic E-state index is 14.6. The van der Waals surface area contributed by atoms with Crippen LogP contribution in [-0.2, 0) is 21.6 Å². The number of benzene rings is 2. The summed E-state index contributed by atoms with van der Waals surface area (Å²) >= 11 is 1.38. The Morgan fingerprint density at radius 2 is 1.91 bits per heavy atom. The number of halogens is 4. The Hall–Kier alpha value is -2.10. The molecular weight excluding hydrogens is 456 g/mol. The van der Waals surface area contributed by atoms with E-state index in [1.807, 2.05) is 24.3 Å². The Labute approximate surface area is 194 Å². The summed E-state index contributed by atoms with van der Waals surface area (Å²) < 4.78 is 59.3. The number of aryl methyl sites for hydroxylation is 1. The standard InChI is InChI=1S/C24H26F4N2O2S/c1-3-32-23(8-9-30(14-23)15-24(26,27)28)17-11-18(25)13-20(12-17)33-19-5-6-21-16(10-19)4-7-22(31)29(21)2/h5-6,10-13H,3-4,7-9,14-15H2,1-2H3. The fourth-order valence-corrected chi connectivity index (χ4v) is 5.64. The van der Waals surface area contributed by atoms with Crippen LogP contribution < -0.4 is 4.90 Å². The van der Waals surface area contributed by atoms with Crippen molar-refractivity contribution in [3.8, 4) is 0 Å². The van der Waals surface area contributed by atoms with Crippen molar-refractivity contribution in [1.29, 1.82) is 0 Å². The average Bonchev–Trinajstić information content (AvgIpc) is 3.13. The highest BCUT2D eigenvalue weighted by Gasteiger charge is 2.44. The van der Waals surface area contributed by atoms with Gasteiger partial charge in [-0.3, -0.25) is 9.69 Å². The molecule has 0 saturated carbocycles. The number of hydrogen-bond acceptors (Lipinski definition) is 4. The first-order valence-corrected chi connectivity index (χ1v) is 11.7. The number of amides is 1. The summed E-state index contributed by atoms with van der Waals surface area (Å²) in [6, 6.07) is 10.4. The number of ether oxygens (including phenoxy) is 1. The second kappa shape index (κ2) is 9.27. The lowest BCUT2D eigenvalue weighted by molar-refractivity contribution is -0.146. The van der Waals surface area contributed by atoms with Crippen molar-refractivity contribution in [3.05, 3.63) is 53.3 Å². The molecule has 2 aliphatic rings. The molecule has 9 heteroatoms. The molecular formula is C24H26F4N2O2S. The summed E-state index contributed by atoms with van der Waals surface area (Å²) in [5, 5.41) is 0. The lowest BCUT2D eigenvalue weighted by atomic mass is 9.92. The van der Waals surface area contributed by atoms with Gasteiger partial charge in [-0.2, -0.15) is 13.2 Å². The van der Waals surface area contributed by atoms with Gasteiger partial charge in [-0.25, -0.2) is 4.39 Å². The molecule has 0 aliphatic carbocycles. The quantitative estimate of drug-likeness (QED) is 0.517. The first-order valence-electron chi connectivity index (χ1n) is 10.9. The number of carbonyl (C=O) groups is 1. The van der Waals surface area contributed by atoms with Crippen LogP contribution in [0.1, 0.15) is 30.9 Å². The SMILES string of the molecule is CCOC1(c2cc(F)cc(Sc3ccc4c(c3)CCC(=O)N4C)c2)CCN(CC(F)(F)F)C1. The molecule has 0 radical (unpaired) electrons. The van der Waals surface area contributed by atoms with Gasteiger partial charge >= 0.3 is 6.18 Å². The summed E-state index contributed by atoms with van der Waals surface area (Å²) in [4.78, 5) is 16.4. The van der Waals surface area contributed by atoms with Crippen LogP contribution in [0.25, 0.3) is 0 Å². The van der Waals surface area contributed by atoms with E-state index < -0.39 is 24.1 Å². The van der Waals surface area contributed by atoms with Gasteiger partial charge < -0.3 is 9.64 Å². The molecule has 2 aromatic rings. The Kier molecular flexibility index (Phi) is 6.75. The number of carbonyl (C=O) groups excluding carboxylic acids is 1. The molecule has 0 bridgehead atoms. The third kappa shape index (κ3) is 5.36. The number of anilines is 1. The number of alkyl halides is 3. The molecule has 0 spiro atoms. The maximum atomic E-state index is 14.6. The highest BCUT2D eigenvalue weighted by Crippen LogP contribution is 2.41. The van der Waals surface area contributed by atoms with Crippen LogP contribution in [0.2, 0.25) is 0 Å². The summed E-state index contributed by atoms with van der Waals surface area (Å²) in [6.45, 7) is 1.39. The minimum Gasteiger partial charge on any atom is -0.369 e. The van der Waals surface area contributed by atoms with Crippen molar-refractivity contribution in [1.82, 2.24) is 4.90 Å². The van der Waals surface area contributed by atoms with Crippen molar-refractivity contribution < 1.29 is 27.1 Å². The molecule has 4 nitrogen and oxygen atoms in total. The zero-order valence-corrected chi connectivity index (χ0v) is 19.4. The first kappa shape index (κ1) is 24.0. The maximum Gasteiger partial charge on any atom is 0.401 e. The minimum absolute atomic E-state index is 0.0626. The smallest absolute Gasteiger partial charge is 0.369 e. The third-order valence-corrected chi connectivity index (χ3v) is 7.12. The van der Waals surface area contributed by atoms with Crippen molar-refractivity contribution in [2.45, 2.75) is 47.8 Å². The first-order chi connectivity index (χ1) is 15.6. The van der Waals surface area contributed by atoms with Crippen molar-refractivity contribution in [3.63, 3.8) is 0 Å². The largest absolute Gasteiger partial charge is 0.401 e. The van der Waals surface area contributed by atoms with Crippen LogP contribution >= 0.6 is 11.8 Å². The summed E-state index contributed by atoms with van der Waals surface area (Å²) in [7, 11) is 1.75. The summed E-state index contributed by atoms with van der Waals surface area (Å²) in [5.74, 6) is -0.373. The fourth-order valence-electron chi connectivity index (χ4n) is 4.68. The summed E-state index contributed by atoms with van der Waals surface area (Å²) in [6.07, 6.45) is -2.82. The highest BCUT2D eigenvalue weighted by atomic mass is 32.2. The molecule has 1 unspecified atom stereocenters. The van der Waals surface area contributed by atoms with E-state index in [1.165, 1.54) is 28.8 Å². The molecule has 2 aromatic carbocycles. The molecule has 1 fully saturated rings. The van der Waals surface area contributed by atoms with Crippen LogP contribution in [0.15, 0.2) is 46.2 Å². The van der Waals surface area contributed by atoms with E-state index >= 15 is 0 Å². The van der Waals surface area contributed by atoms with Crippen molar-refractivity contribution >= 4 is 23.4 Å². The van der Waals surface area contributed by atoms with E-state index in [-0.39, 0.29) is 19.0 Å². The monoisotopic (exact) mass is 482 g/mol. The minimum atomic E-state index is -4.30. The molecule has 33 heavy (non-hydrogen) atoms. The van der Waals surface area contributed by atoms with Gasteiger partial charge in [0, 0.05) is 48.6 Å².